The first kappa shape index (κ1) is 17.2. The fraction of sp³-hybridized carbons (Fsp3) is 0.300. The Morgan fingerprint density at radius 2 is 1.92 bits per heavy atom. The van der Waals surface area contributed by atoms with Crippen LogP contribution in [0.1, 0.15) is 16.8 Å². The van der Waals surface area contributed by atoms with Crippen LogP contribution in [0.25, 0.3) is 10.9 Å². The summed E-state index contributed by atoms with van der Waals surface area (Å²) in [5.41, 5.74) is 4.52. The van der Waals surface area contributed by atoms with Gasteiger partial charge in [-0.25, -0.2) is 0 Å². The predicted octanol–water partition coefficient (Wildman–Crippen LogP) is 2.96. The van der Waals surface area contributed by atoms with Gasteiger partial charge in [0.05, 0.1) is 13.1 Å². The maximum atomic E-state index is 12.5. The van der Waals surface area contributed by atoms with E-state index in [0.29, 0.717) is 19.6 Å². The summed E-state index contributed by atoms with van der Waals surface area (Å²) in [6.45, 7) is 3.77. The van der Waals surface area contributed by atoms with E-state index in [2.05, 4.69) is 29.0 Å². The summed E-state index contributed by atoms with van der Waals surface area (Å²) in [5.74, 6) is 0.101. The molecule has 130 valence electrons. The van der Waals surface area contributed by atoms with Crippen molar-refractivity contribution in [3.8, 4) is 0 Å². The first-order chi connectivity index (χ1) is 12.0. The third-order valence-corrected chi connectivity index (χ3v) is 4.47. The average molecular weight is 336 g/mol. The molecule has 1 amide bonds. The highest BCUT2D eigenvalue weighted by Crippen LogP contribution is 2.22. The number of amides is 1. The molecule has 0 bridgehead atoms. The number of fused-ring (bicyclic) bond motifs is 1. The molecule has 0 radical (unpaired) electrons. The van der Waals surface area contributed by atoms with Crippen molar-refractivity contribution in [2.75, 3.05) is 20.6 Å². The summed E-state index contributed by atoms with van der Waals surface area (Å²) >= 11 is 0. The zero-order valence-electron chi connectivity index (χ0n) is 15.0. The number of nitrogens with zero attached hydrogens (tertiary/aromatic N) is 3. The molecular weight excluding hydrogens is 312 g/mol. The minimum absolute atomic E-state index is 0.101. The summed E-state index contributed by atoms with van der Waals surface area (Å²) in [7, 11) is 3.80. The van der Waals surface area contributed by atoms with E-state index in [1.807, 2.05) is 49.5 Å². The lowest BCUT2D eigenvalue weighted by atomic mass is 10.1. The van der Waals surface area contributed by atoms with E-state index in [1.165, 1.54) is 10.9 Å². The number of carbonyl (C=O) groups is 1. The highest BCUT2D eigenvalue weighted by molar-refractivity contribution is 5.84. The van der Waals surface area contributed by atoms with Crippen LogP contribution in [0, 0.1) is 6.92 Å². The van der Waals surface area contributed by atoms with Crippen LogP contribution in [0.3, 0.4) is 0 Å². The van der Waals surface area contributed by atoms with E-state index in [0.717, 1.165) is 16.8 Å². The molecule has 1 N–H and O–H groups in total. The van der Waals surface area contributed by atoms with E-state index in [-0.39, 0.29) is 5.91 Å². The number of para-hydroxylation sites is 1. The Morgan fingerprint density at radius 3 is 2.64 bits per heavy atom. The van der Waals surface area contributed by atoms with Crippen LogP contribution >= 0.6 is 0 Å². The Balaban J connectivity index is 1.61. The van der Waals surface area contributed by atoms with Gasteiger partial charge in [-0.3, -0.25) is 14.7 Å². The monoisotopic (exact) mass is 336 g/mol. The van der Waals surface area contributed by atoms with Crippen LogP contribution in [0.2, 0.25) is 0 Å². The number of rotatable bonds is 6. The van der Waals surface area contributed by atoms with Gasteiger partial charge < -0.3 is 9.88 Å². The van der Waals surface area contributed by atoms with E-state index in [9.17, 15) is 4.79 Å². The molecule has 0 fully saturated rings. The molecule has 0 unspecified atom stereocenters. The SMILES string of the molecule is Cc1c(CN(C)C(=O)CN(C)Cc2cccnc2)[nH]c2ccccc12. The van der Waals surface area contributed by atoms with Crippen molar-refractivity contribution >= 4 is 16.8 Å². The Labute approximate surface area is 148 Å². The largest absolute Gasteiger partial charge is 0.357 e. The maximum Gasteiger partial charge on any atom is 0.236 e. The second-order valence-electron chi connectivity index (χ2n) is 6.56. The van der Waals surface area contributed by atoms with Crippen LogP contribution < -0.4 is 0 Å². The molecule has 0 aliphatic heterocycles. The number of aromatic nitrogens is 2. The van der Waals surface area contributed by atoms with Gasteiger partial charge in [0, 0.05) is 42.6 Å². The van der Waals surface area contributed by atoms with Gasteiger partial charge in [0.2, 0.25) is 5.91 Å². The molecule has 0 saturated heterocycles. The highest BCUT2D eigenvalue weighted by Gasteiger charge is 2.15. The zero-order chi connectivity index (χ0) is 17.8. The van der Waals surface area contributed by atoms with Crippen molar-refractivity contribution in [3.63, 3.8) is 0 Å². The van der Waals surface area contributed by atoms with Crippen molar-refractivity contribution in [1.29, 1.82) is 0 Å². The van der Waals surface area contributed by atoms with E-state index in [1.54, 1.807) is 11.1 Å². The quantitative estimate of drug-likeness (QED) is 0.753. The number of nitrogens with one attached hydrogen (secondary N) is 1. The van der Waals surface area contributed by atoms with E-state index < -0.39 is 0 Å². The van der Waals surface area contributed by atoms with Gasteiger partial charge >= 0.3 is 0 Å². The Morgan fingerprint density at radius 1 is 1.12 bits per heavy atom. The molecule has 5 heteroatoms. The average Bonchev–Trinajstić information content (AvgIpc) is 2.92. The van der Waals surface area contributed by atoms with Gasteiger partial charge in [0.25, 0.3) is 0 Å². The number of hydrogen-bond acceptors (Lipinski definition) is 3. The standard InChI is InChI=1S/C20H24N4O/c1-15-17-8-4-5-9-18(17)22-19(15)13-24(3)20(25)14-23(2)12-16-7-6-10-21-11-16/h4-11,22H,12-14H2,1-3H3. The normalized spacial score (nSPS) is 11.2. The predicted molar refractivity (Wildman–Crippen MR) is 100 cm³/mol. The van der Waals surface area contributed by atoms with E-state index >= 15 is 0 Å². The van der Waals surface area contributed by atoms with Gasteiger partial charge in [0.1, 0.15) is 0 Å². The number of aryl methyl sites for hydroxylation is 1. The highest BCUT2D eigenvalue weighted by atomic mass is 16.2. The first-order valence-electron chi connectivity index (χ1n) is 8.42. The number of aromatic amines is 1. The van der Waals surface area contributed by atoms with E-state index in [4.69, 9.17) is 0 Å². The smallest absolute Gasteiger partial charge is 0.236 e. The van der Waals surface area contributed by atoms with Gasteiger partial charge in [0.15, 0.2) is 0 Å². The molecule has 0 spiro atoms. The molecule has 2 aromatic heterocycles. The molecular formula is C20H24N4O. The molecule has 0 atom stereocenters. The second kappa shape index (κ2) is 7.49. The summed E-state index contributed by atoms with van der Waals surface area (Å²) in [6.07, 6.45) is 3.59. The molecule has 2 heterocycles. The number of pyridine rings is 1. The van der Waals surface area contributed by atoms with Crippen molar-refractivity contribution in [2.24, 2.45) is 0 Å². The number of benzene rings is 1. The van der Waals surface area contributed by atoms with Gasteiger partial charge in [-0.05, 0) is 37.2 Å². The number of hydrogen-bond donors (Lipinski definition) is 1. The van der Waals surface area contributed by atoms with Crippen molar-refractivity contribution in [1.82, 2.24) is 19.8 Å². The molecule has 3 rings (SSSR count). The van der Waals surface area contributed by atoms with Gasteiger partial charge in [-0.2, -0.15) is 0 Å². The number of H-pyrrole nitrogens is 1. The van der Waals surface area contributed by atoms with Crippen molar-refractivity contribution in [3.05, 3.63) is 65.6 Å². The summed E-state index contributed by atoms with van der Waals surface area (Å²) in [5, 5.41) is 1.21. The topological polar surface area (TPSA) is 52.2 Å². The Bertz CT molecular complexity index is 857. The maximum absolute atomic E-state index is 12.5. The van der Waals surface area contributed by atoms with Crippen LogP contribution in [-0.2, 0) is 17.9 Å². The Hall–Kier alpha value is -2.66. The van der Waals surface area contributed by atoms with Crippen LogP contribution in [0.15, 0.2) is 48.8 Å². The minimum Gasteiger partial charge on any atom is -0.357 e. The number of likely N-dealkylation sites (N-methyl/N-ethyl adjacent to an activating group) is 2. The lowest BCUT2D eigenvalue weighted by molar-refractivity contribution is -0.131. The molecule has 3 aromatic rings. The number of carbonyl (C=O) groups excluding carboxylic acids is 1. The zero-order valence-corrected chi connectivity index (χ0v) is 15.0. The fourth-order valence-corrected chi connectivity index (χ4v) is 3.03. The summed E-state index contributed by atoms with van der Waals surface area (Å²) < 4.78 is 0. The van der Waals surface area contributed by atoms with Crippen LogP contribution in [0.4, 0.5) is 0 Å². The Kier molecular flexibility index (Phi) is 5.14. The first-order valence-corrected chi connectivity index (χ1v) is 8.42. The van der Waals surface area contributed by atoms with Crippen molar-refractivity contribution in [2.45, 2.75) is 20.0 Å². The molecule has 0 aliphatic rings. The molecule has 25 heavy (non-hydrogen) atoms. The molecule has 5 nitrogen and oxygen atoms in total. The summed E-state index contributed by atoms with van der Waals surface area (Å²) in [6, 6.07) is 12.2. The third-order valence-electron chi connectivity index (χ3n) is 4.47. The minimum atomic E-state index is 0.101. The van der Waals surface area contributed by atoms with Crippen LogP contribution in [0.5, 0.6) is 0 Å². The summed E-state index contributed by atoms with van der Waals surface area (Å²) in [4.78, 5) is 23.9. The van der Waals surface area contributed by atoms with Crippen molar-refractivity contribution < 1.29 is 4.79 Å². The lowest BCUT2D eigenvalue weighted by Gasteiger charge is -2.22. The molecule has 0 saturated carbocycles. The lowest BCUT2D eigenvalue weighted by Crippen LogP contribution is -2.36. The molecule has 1 aromatic carbocycles. The van der Waals surface area contributed by atoms with Gasteiger partial charge in [-0.15, -0.1) is 0 Å². The second-order valence-corrected chi connectivity index (χ2v) is 6.56. The van der Waals surface area contributed by atoms with Gasteiger partial charge in [-0.1, -0.05) is 24.3 Å². The third kappa shape index (κ3) is 4.06. The molecule has 0 aliphatic carbocycles. The fourth-order valence-electron chi connectivity index (χ4n) is 3.03. The van der Waals surface area contributed by atoms with Crippen LogP contribution in [-0.4, -0.2) is 46.3 Å².